The number of amides is 1. The molecule has 1 amide bonds. The maximum absolute atomic E-state index is 13.9. The van der Waals surface area contributed by atoms with Crippen LogP contribution in [0.15, 0.2) is 47.4 Å². The molecule has 4 rings (SSSR count). The number of aryl methyl sites for hydroxylation is 1. The van der Waals surface area contributed by atoms with Crippen molar-refractivity contribution in [1.29, 1.82) is 0 Å². The van der Waals surface area contributed by atoms with E-state index in [0.29, 0.717) is 11.3 Å². The molecule has 0 spiro atoms. The van der Waals surface area contributed by atoms with Crippen LogP contribution in [0.25, 0.3) is 10.2 Å². The predicted octanol–water partition coefficient (Wildman–Crippen LogP) is 5.11. The number of nitrogens with one attached hydrogen (secondary N) is 1. The highest BCUT2D eigenvalue weighted by molar-refractivity contribution is 7.99. The monoisotopic (exact) mass is 386 g/mol. The second kappa shape index (κ2) is 7.76. The fourth-order valence-corrected chi connectivity index (χ4v) is 5.38. The number of aromatic nitrogens is 1. The number of hydrogen-bond acceptors (Lipinski definition) is 4. The first-order valence-corrected chi connectivity index (χ1v) is 10.6. The van der Waals surface area contributed by atoms with E-state index in [2.05, 4.69) is 16.4 Å². The summed E-state index contributed by atoms with van der Waals surface area (Å²) in [6.45, 7) is 0. The van der Waals surface area contributed by atoms with E-state index in [4.69, 9.17) is 0 Å². The molecule has 1 aromatic heterocycles. The molecule has 0 saturated carbocycles. The number of rotatable bonds is 5. The Morgan fingerprint density at radius 2 is 2.12 bits per heavy atom. The zero-order chi connectivity index (χ0) is 17.9. The number of fused-ring (bicyclic) bond motifs is 2. The fourth-order valence-electron chi connectivity index (χ4n) is 3.23. The standard InChI is InChI=1S/C20H19FN2OS2/c21-14-6-3-5-13-15(11-12-25-20(13)14)22-18(24)9-4-10-19-23-16-7-1-2-8-17(16)26-19/h1-3,5-8,15H,4,9-12H2,(H,22,24). The quantitative estimate of drug-likeness (QED) is 0.662. The molecule has 2 aromatic carbocycles. The van der Waals surface area contributed by atoms with Crippen LogP contribution in [0.1, 0.15) is 35.9 Å². The number of nitrogens with zero attached hydrogens (tertiary/aromatic N) is 1. The Kier molecular flexibility index (Phi) is 5.22. The smallest absolute Gasteiger partial charge is 0.220 e. The van der Waals surface area contributed by atoms with Gasteiger partial charge in [-0.25, -0.2) is 9.37 Å². The van der Waals surface area contributed by atoms with Gasteiger partial charge in [-0.05, 0) is 43.0 Å². The summed E-state index contributed by atoms with van der Waals surface area (Å²) in [6, 6.07) is 13.1. The highest BCUT2D eigenvalue weighted by Gasteiger charge is 2.24. The van der Waals surface area contributed by atoms with Gasteiger partial charge in [0.1, 0.15) is 5.82 Å². The van der Waals surface area contributed by atoms with E-state index in [9.17, 15) is 9.18 Å². The molecular formula is C20H19FN2OS2. The van der Waals surface area contributed by atoms with Crippen molar-refractivity contribution in [1.82, 2.24) is 10.3 Å². The van der Waals surface area contributed by atoms with E-state index < -0.39 is 0 Å². The van der Waals surface area contributed by atoms with Crippen LogP contribution in [0.3, 0.4) is 0 Å². The van der Waals surface area contributed by atoms with E-state index in [1.807, 2.05) is 24.3 Å². The third kappa shape index (κ3) is 3.76. The summed E-state index contributed by atoms with van der Waals surface area (Å²) in [4.78, 5) is 17.6. The summed E-state index contributed by atoms with van der Waals surface area (Å²) in [5, 5.41) is 4.15. The zero-order valence-electron chi connectivity index (χ0n) is 14.2. The van der Waals surface area contributed by atoms with Gasteiger partial charge in [0, 0.05) is 17.1 Å². The number of thiazole rings is 1. The second-order valence-electron chi connectivity index (χ2n) is 6.34. The van der Waals surface area contributed by atoms with Crippen LogP contribution in [0, 0.1) is 5.82 Å². The number of halogens is 1. The summed E-state index contributed by atoms with van der Waals surface area (Å²) in [5.74, 6) is 0.658. The highest BCUT2D eigenvalue weighted by Crippen LogP contribution is 2.37. The molecule has 134 valence electrons. The second-order valence-corrected chi connectivity index (χ2v) is 8.56. The molecule has 0 radical (unpaired) electrons. The molecule has 1 N–H and O–H groups in total. The Hall–Kier alpha value is -1.92. The van der Waals surface area contributed by atoms with Gasteiger partial charge in [0.2, 0.25) is 5.91 Å². The van der Waals surface area contributed by atoms with Crippen LogP contribution in [-0.4, -0.2) is 16.6 Å². The van der Waals surface area contributed by atoms with Gasteiger partial charge in [-0.2, -0.15) is 0 Å². The van der Waals surface area contributed by atoms with Gasteiger partial charge >= 0.3 is 0 Å². The number of benzene rings is 2. The minimum atomic E-state index is -0.192. The van der Waals surface area contributed by atoms with E-state index in [0.717, 1.165) is 41.1 Å². The average molecular weight is 387 g/mol. The Balaban J connectivity index is 1.33. The summed E-state index contributed by atoms with van der Waals surface area (Å²) >= 11 is 3.22. The molecule has 3 nitrogen and oxygen atoms in total. The van der Waals surface area contributed by atoms with Crippen molar-refractivity contribution in [3.63, 3.8) is 0 Å². The highest BCUT2D eigenvalue weighted by atomic mass is 32.2. The number of carbonyl (C=O) groups excluding carboxylic acids is 1. The van der Waals surface area contributed by atoms with Gasteiger partial charge in [-0.1, -0.05) is 24.3 Å². The van der Waals surface area contributed by atoms with Gasteiger partial charge < -0.3 is 5.32 Å². The van der Waals surface area contributed by atoms with E-state index in [1.54, 1.807) is 17.4 Å². The Morgan fingerprint density at radius 1 is 1.23 bits per heavy atom. The molecule has 2 heterocycles. The first-order valence-electron chi connectivity index (χ1n) is 8.76. The van der Waals surface area contributed by atoms with E-state index >= 15 is 0 Å². The molecule has 1 aliphatic heterocycles. The van der Waals surface area contributed by atoms with Gasteiger partial charge in [0.25, 0.3) is 0 Å². The minimum Gasteiger partial charge on any atom is -0.349 e. The Bertz CT molecular complexity index is 907. The summed E-state index contributed by atoms with van der Waals surface area (Å²) < 4.78 is 15.1. The van der Waals surface area contributed by atoms with Crippen molar-refractivity contribution in [2.75, 3.05) is 5.75 Å². The molecular weight excluding hydrogens is 367 g/mol. The number of thioether (sulfide) groups is 1. The number of para-hydroxylation sites is 1. The third-order valence-corrected chi connectivity index (χ3v) is 6.75. The van der Waals surface area contributed by atoms with E-state index in [1.165, 1.54) is 22.5 Å². The normalized spacial score (nSPS) is 16.4. The molecule has 0 fully saturated rings. The lowest BCUT2D eigenvalue weighted by Crippen LogP contribution is -2.30. The van der Waals surface area contributed by atoms with Crippen molar-refractivity contribution in [3.05, 3.63) is 58.9 Å². The average Bonchev–Trinajstić information content (AvgIpc) is 3.05. The van der Waals surface area contributed by atoms with Crippen molar-refractivity contribution >= 4 is 39.2 Å². The lowest BCUT2D eigenvalue weighted by atomic mass is 10.0. The topological polar surface area (TPSA) is 42.0 Å². The molecule has 0 saturated heterocycles. The number of hydrogen-bond donors (Lipinski definition) is 1. The third-order valence-electron chi connectivity index (χ3n) is 4.49. The van der Waals surface area contributed by atoms with Crippen molar-refractivity contribution in [3.8, 4) is 0 Å². The molecule has 3 aromatic rings. The maximum atomic E-state index is 13.9. The van der Waals surface area contributed by atoms with Gasteiger partial charge in [0.05, 0.1) is 21.3 Å². The molecule has 6 heteroatoms. The first-order chi connectivity index (χ1) is 12.7. The maximum Gasteiger partial charge on any atom is 0.220 e. The Labute approximate surface area is 160 Å². The van der Waals surface area contributed by atoms with Crippen LogP contribution in [0.5, 0.6) is 0 Å². The SMILES string of the molecule is O=C(CCCc1nc2ccccc2s1)NC1CCSc2c(F)cccc21. The molecule has 26 heavy (non-hydrogen) atoms. The first kappa shape index (κ1) is 17.5. The minimum absolute atomic E-state index is 0.0261. The molecule has 1 atom stereocenters. The summed E-state index contributed by atoms with van der Waals surface area (Å²) in [5.41, 5.74) is 1.93. The van der Waals surface area contributed by atoms with Crippen LogP contribution in [-0.2, 0) is 11.2 Å². The molecule has 1 unspecified atom stereocenters. The van der Waals surface area contributed by atoms with Crippen LogP contribution in [0.4, 0.5) is 4.39 Å². The number of carbonyl (C=O) groups is 1. The van der Waals surface area contributed by atoms with Crippen molar-refractivity contribution in [2.24, 2.45) is 0 Å². The van der Waals surface area contributed by atoms with Gasteiger partial charge in [-0.15, -0.1) is 23.1 Å². The summed E-state index contributed by atoms with van der Waals surface area (Å²) in [7, 11) is 0. The molecule has 0 aliphatic carbocycles. The summed E-state index contributed by atoms with van der Waals surface area (Å²) in [6.07, 6.45) is 2.87. The largest absolute Gasteiger partial charge is 0.349 e. The predicted molar refractivity (Wildman–Crippen MR) is 105 cm³/mol. The fraction of sp³-hybridized carbons (Fsp3) is 0.300. The molecule has 0 bridgehead atoms. The van der Waals surface area contributed by atoms with Crippen LogP contribution < -0.4 is 5.32 Å². The van der Waals surface area contributed by atoms with E-state index in [-0.39, 0.29) is 17.8 Å². The lowest BCUT2D eigenvalue weighted by Gasteiger charge is -2.26. The van der Waals surface area contributed by atoms with Crippen LogP contribution in [0.2, 0.25) is 0 Å². The van der Waals surface area contributed by atoms with Gasteiger partial charge in [0.15, 0.2) is 0 Å². The van der Waals surface area contributed by atoms with Gasteiger partial charge in [-0.3, -0.25) is 4.79 Å². The zero-order valence-corrected chi connectivity index (χ0v) is 15.8. The van der Waals surface area contributed by atoms with Crippen molar-refractivity contribution in [2.45, 2.75) is 36.6 Å². The lowest BCUT2D eigenvalue weighted by molar-refractivity contribution is -0.122. The van der Waals surface area contributed by atoms with Crippen LogP contribution >= 0.6 is 23.1 Å². The molecule has 1 aliphatic rings. The van der Waals surface area contributed by atoms with Crippen molar-refractivity contribution < 1.29 is 9.18 Å². The Morgan fingerprint density at radius 3 is 3.00 bits per heavy atom.